The second-order valence-electron chi connectivity index (χ2n) is 8.08. The van der Waals surface area contributed by atoms with E-state index in [2.05, 4.69) is 15.5 Å². The topological polar surface area (TPSA) is 105 Å². The van der Waals surface area contributed by atoms with Crippen molar-refractivity contribution < 1.29 is 14.6 Å². The van der Waals surface area contributed by atoms with E-state index in [-0.39, 0.29) is 6.10 Å². The number of aromatic nitrogens is 4. The van der Waals surface area contributed by atoms with E-state index < -0.39 is 6.09 Å². The second-order valence-corrected chi connectivity index (χ2v) is 8.08. The van der Waals surface area contributed by atoms with E-state index in [0.717, 1.165) is 33.5 Å². The Hall–Kier alpha value is -4.14. The SMILES string of the molecule is CNc1nnc(C)c2c(C)n(-c3ccccc3OC(CCN(C)C(=O)O)c3ccccc3)nc12. The van der Waals surface area contributed by atoms with Crippen LogP contribution < -0.4 is 10.1 Å². The highest BCUT2D eigenvalue weighted by atomic mass is 16.5. The molecule has 4 aromatic rings. The minimum absolute atomic E-state index is 0.337. The van der Waals surface area contributed by atoms with Crippen molar-refractivity contribution in [2.75, 3.05) is 26.0 Å². The maximum Gasteiger partial charge on any atom is 0.407 e. The first kappa shape index (κ1) is 23.0. The molecule has 0 radical (unpaired) electrons. The summed E-state index contributed by atoms with van der Waals surface area (Å²) in [4.78, 5) is 12.6. The third kappa shape index (κ3) is 4.50. The number of carbonyl (C=O) groups is 1. The summed E-state index contributed by atoms with van der Waals surface area (Å²) in [6.07, 6.45) is -0.811. The van der Waals surface area contributed by atoms with Gasteiger partial charge in [-0.25, -0.2) is 9.48 Å². The van der Waals surface area contributed by atoms with Gasteiger partial charge in [0.1, 0.15) is 23.1 Å². The van der Waals surface area contributed by atoms with Gasteiger partial charge >= 0.3 is 6.09 Å². The Morgan fingerprint density at radius 1 is 1.12 bits per heavy atom. The Morgan fingerprint density at radius 3 is 2.53 bits per heavy atom. The number of nitrogens with one attached hydrogen (secondary N) is 1. The highest BCUT2D eigenvalue weighted by Gasteiger charge is 2.21. The number of hydrogen-bond acceptors (Lipinski definition) is 6. The first-order valence-electron chi connectivity index (χ1n) is 11.1. The van der Waals surface area contributed by atoms with Crippen molar-refractivity contribution in [3.05, 3.63) is 71.5 Å². The monoisotopic (exact) mass is 460 g/mol. The first-order valence-corrected chi connectivity index (χ1v) is 11.1. The van der Waals surface area contributed by atoms with Crippen LogP contribution in [0.1, 0.15) is 29.5 Å². The van der Waals surface area contributed by atoms with Crippen molar-refractivity contribution in [1.29, 1.82) is 0 Å². The van der Waals surface area contributed by atoms with Crippen LogP contribution in [-0.2, 0) is 0 Å². The molecule has 0 saturated heterocycles. The number of amides is 1. The average molecular weight is 461 g/mol. The van der Waals surface area contributed by atoms with Gasteiger partial charge in [-0.1, -0.05) is 42.5 Å². The van der Waals surface area contributed by atoms with Crippen LogP contribution >= 0.6 is 0 Å². The van der Waals surface area contributed by atoms with Gasteiger partial charge in [-0.05, 0) is 31.5 Å². The minimum Gasteiger partial charge on any atom is -0.483 e. The predicted molar refractivity (Wildman–Crippen MR) is 131 cm³/mol. The van der Waals surface area contributed by atoms with Crippen LogP contribution in [0.4, 0.5) is 10.6 Å². The molecular weight excluding hydrogens is 432 g/mol. The summed E-state index contributed by atoms with van der Waals surface area (Å²) >= 11 is 0. The fraction of sp³-hybridized carbons (Fsp3) is 0.280. The fourth-order valence-electron chi connectivity index (χ4n) is 3.98. The zero-order valence-corrected chi connectivity index (χ0v) is 19.7. The number of ether oxygens (including phenoxy) is 1. The normalized spacial score (nSPS) is 11.9. The molecule has 0 aliphatic heterocycles. The molecule has 0 saturated carbocycles. The van der Waals surface area contributed by atoms with Crippen molar-refractivity contribution in [3.8, 4) is 11.4 Å². The first-order chi connectivity index (χ1) is 16.4. The third-order valence-electron chi connectivity index (χ3n) is 5.83. The maximum absolute atomic E-state index is 11.3. The Labute approximate surface area is 198 Å². The number of nitrogens with zero attached hydrogens (tertiary/aromatic N) is 5. The number of benzene rings is 2. The smallest absolute Gasteiger partial charge is 0.407 e. The van der Waals surface area contributed by atoms with Gasteiger partial charge in [0.2, 0.25) is 0 Å². The number of rotatable bonds is 8. The minimum atomic E-state index is -0.969. The molecule has 2 heterocycles. The van der Waals surface area contributed by atoms with E-state index in [4.69, 9.17) is 9.84 Å². The molecule has 4 rings (SSSR count). The Balaban J connectivity index is 1.75. The van der Waals surface area contributed by atoms with Crippen molar-refractivity contribution in [3.63, 3.8) is 0 Å². The van der Waals surface area contributed by atoms with Crippen LogP contribution in [0.3, 0.4) is 0 Å². The summed E-state index contributed by atoms with van der Waals surface area (Å²) in [5.74, 6) is 1.26. The zero-order chi connectivity index (χ0) is 24.2. The number of carboxylic acid groups (broad SMARTS) is 1. The molecule has 1 atom stereocenters. The van der Waals surface area contributed by atoms with E-state index in [0.29, 0.717) is 24.5 Å². The van der Waals surface area contributed by atoms with Crippen LogP contribution in [-0.4, -0.2) is 56.7 Å². The lowest BCUT2D eigenvalue weighted by Gasteiger charge is -2.23. The van der Waals surface area contributed by atoms with Crippen molar-refractivity contribution >= 4 is 22.8 Å². The number of para-hydroxylation sites is 2. The van der Waals surface area contributed by atoms with E-state index in [1.54, 1.807) is 14.1 Å². The lowest BCUT2D eigenvalue weighted by molar-refractivity contribution is 0.140. The lowest BCUT2D eigenvalue weighted by Crippen LogP contribution is -2.27. The maximum atomic E-state index is 11.3. The molecule has 0 bridgehead atoms. The highest BCUT2D eigenvalue weighted by molar-refractivity contribution is 5.92. The average Bonchev–Trinajstić information content (AvgIpc) is 3.20. The molecule has 2 N–H and O–H groups in total. The summed E-state index contributed by atoms with van der Waals surface area (Å²) in [5.41, 5.74) is 4.22. The molecule has 176 valence electrons. The molecule has 2 aromatic carbocycles. The molecule has 0 aliphatic rings. The van der Waals surface area contributed by atoms with Crippen molar-refractivity contribution in [1.82, 2.24) is 24.9 Å². The Morgan fingerprint density at radius 2 is 1.82 bits per heavy atom. The van der Waals surface area contributed by atoms with E-state index >= 15 is 0 Å². The van der Waals surface area contributed by atoms with Crippen LogP contribution in [0, 0.1) is 13.8 Å². The van der Waals surface area contributed by atoms with E-state index in [1.807, 2.05) is 73.1 Å². The van der Waals surface area contributed by atoms with Crippen LogP contribution in [0.25, 0.3) is 16.6 Å². The standard InChI is InChI=1S/C25H28N6O3/c1-16-22-17(2)31(29-23(22)24(26-3)28-27-16)19-12-8-9-13-21(19)34-20(14-15-30(4)25(32)33)18-10-6-5-7-11-18/h5-13,20H,14-15H2,1-4H3,(H,26,28)(H,32,33). The van der Waals surface area contributed by atoms with Gasteiger partial charge in [0.05, 0.1) is 16.8 Å². The van der Waals surface area contributed by atoms with Gasteiger partial charge in [-0.15, -0.1) is 5.10 Å². The molecule has 2 aromatic heterocycles. The van der Waals surface area contributed by atoms with Gasteiger partial charge in [-0.3, -0.25) is 0 Å². The van der Waals surface area contributed by atoms with Crippen molar-refractivity contribution in [2.24, 2.45) is 0 Å². The summed E-state index contributed by atoms with van der Waals surface area (Å²) in [6, 6.07) is 17.5. The number of hydrogen-bond donors (Lipinski definition) is 2. The summed E-state index contributed by atoms with van der Waals surface area (Å²) < 4.78 is 8.38. The Bertz CT molecular complexity index is 1310. The fourth-order valence-corrected chi connectivity index (χ4v) is 3.98. The quantitative estimate of drug-likeness (QED) is 0.396. The van der Waals surface area contributed by atoms with Gasteiger partial charge in [0.25, 0.3) is 0 Å². The molecule has 9 nitrogen and oxygen atoms in total. The second kappa shape index (κ2) is 9.78. The van der Waals surface area contributed by atoms with Gasteiger partial charge in [0.15, 0.2) is 5.82 Å². The zero-order valence-electron chi connectivity index (χ0n) is 19.7. The molecule has 1 unspecified atom stereocenters. The number of aryl methyl sites for hydroxylation is 2. The molecular formula is C25H28N6O3. The van der Waals surface area contributed by atoms with Gasteiger partial charge < -0.3 is 20.1 Å². The summed E-state index contributed by atoms with van der Waals surface area (Å²) in [7, 11) is 3.35. The molecule has 0 spiro atoms. The molecule has 9 heteroatoms. The third-order valence-corrected chi connectivity index (χ3v) is 5.83. The molecule has 34 heavy (non-hydrogen) atoms. The summed E-state index contributed by atoms with van der Waals surface area (Å²) in [5, 5.41) is 26.6. The van der Waals surface area contributed by atoms with E-state index in [9.17, 15) is 9.90 Å². The van der Waals surface area contributed by atoms with E-state index in [1.165, 1.54) is 4.90 Å². The highest BCUT2D eigenvalue weighted by Crippen LogP contribution is 2.33. The largest absolute Gasteiger partial charge is 0.483 e. The predicted octanol–water partition coefficient (Wildman–Crippen LogP) is 4.59. The molecule has 0 fully saturated rings. The van der Waals surface area contributed by atoms with Crippen LogP contribution in [0.2, 0.25) is 0 Å². The van der Waals surface area contributed by atoms with Crippen molar-refractivity contribution in [2.45, 2.75) is 26.4 Å². The molecule has 1 amide bonds. The Kier molecular flexibility index (Phi) is 6.62. The van der Waals surface area contributed by atoms with Crippen LogP contribution in [0.5, 0.6) is 5.75 Å². The van der Waals surface area contributed by atoms with Gasteiger partial charge in [0, 0.05) is 27.1 Å². The number of anilines is 1. The number of fused-ring (bicyclic) bond motifs is 1. The summed E-state index contributed by atoms with van der Waals surface area (Å²) in [6.45, 7) is 4.25. The van der Waals surface area contributed by atoms with Gasteiger partial charge in [-0.2, -0.15) is 10.2 Å². The molecule has 0 aliphatic carbocycles. The lowest BCUT2D eigenvalue weighted by atomic mass is 10.1. The van der Waals surface area contributed by atoms with Crippen LogP contribution in [0.15, 0.2) is 54.6 Å².